The first-order valence-corrected chi connectivity index (χ1v) is 14.2. The van der Waals surface area contributed by atoms with Gasteiger partial charge < -0.3 is 38.6 Å². The minimum atomic E-state index is -0.876. The normalized spacial score (nSPS) is 27.0. The second-order valence-corrected chi connectivity index (χ2v) is 14.2. The summed E-state index contributed by atoms with van der Waals surface area (Å²) in [6.45, 7) is 23.7. The lowest BCUT2D eigenvalue weighted by atomic mass is 9.70. The van der Waals surface area contributed by atoms with Crippen molar-refractivity contribution in [1.82, 2.24) is 9.80 Å². The molecule has 0 bridgehead atoms. The van der Waals surface area contributed by atoms with Crippen LogP contribution in [0.5, 0.6) is 0 Å². The van der Waals surface area contributed by atoms with E-state index in [-0.39, 0.29) is 48.1 Å². The Kier molecular flexibility index (Phi) is 8.94. The first-order chi connectivity index (χ1) is 18.1. The Hall–Kier alpha value is -2.01. The van der Waals surface area contributed by atoms with Gasteiger partial charge in [0.1, 0.15) is 0 Å². The number of rotatable bonds is 2. The lowest BCUT2D eigenvalue weighted by Crippen LogP contribution is -2.49. The molecule has 0 aliphatic carbocycles. The lowest BCUT2D eigenvalue weighted by Gasteiger charge is -2.40. The third-order valence-corrected chi connectivity index (χ3v) is 9.11. The average molecular weight is 562 g/mol. The molecule has 2 saturated heterocycles. The molecule has 4 aliphatic rings. The molecule has 4 aliphatic heterocycles. The third kappa shape index (κ3) is 6.72. The van der Waals surface area contributed by atoms with Gasteiger partial charge in [0.15, 0.2) is 0 Å². The van der Waals surface area contributed by atoms with Crippen molar-refractivity contribution in [3.8, 4) is 0 Å². The standard InChI is InChI=1S/C16H28BNO4.C12H20BNO4/c1-14(2,3)12-10-11(8-9-18(12)13(19)20)17-21-15(4,5)16(6,7)22-17;1-11(2)12(3,4)18-13(17-11)9-5-7-14(8-6-9)10(15)16/h10,12H,8-9H2,1-7H3,(H,19,20);5H,6-8H2,1-4H3,(H,15,16). The average Bonchev–Trinajstić information content (AvgIpc) is 3.18. The topological polar surface area (TPSA) is 118 Å². The first-order valence-electron chi connectivity index (χ1n) is 14.2. The van der Waals surface area contributed by atoms with Gasteiger partial charge in [0.05, 0.1) is 28.4 Å². The highest BCUT2D eigenvalue weighted by atomic mass is 16.7. The Morgan fingerprint density at radius 2 is 1.20 bits per heavy atom. The van der Waals surface area contributed by atoms with Crippen molar-refractivity contribution >= 4 is 26.4 Å². The number of carboxylic acid groups (broad SMARTS) is 2. The molecule has 224 valence electrons. The van der Waals surface area contributed by atoms with Crippen LogP contribution in [0.3, 0.4) is 0 Å². The molecule has 2 N–H and O–H groups in total. The molecule has 0 aromatic carbocycles. The summed E-state index contributed by atoms with van der Waals surface area (Å²) in [6, 6.07) is -0.173. The Balaban J connectivity index is 0.000000225. The van der Waals surface area contributed by atoms with E-state index in [9.17, 15) is 14.7 Å². The van der Waals surface area contributed by atoms with E-state index in [0.717, 1.165) is 10.9 Å². The van der Waals surface area contributed by atoms with Gasteiger partial charge in [-0.15, -0.1) is 0 Å². The van der Waals surface area contributed by atoms with Crippen LogP contribution in [0.15, 0.2) is 23.1 Å². The zero-order valence-corrected chi connectivity index (χ0v) is 26.2. The van der Waals surface area contributed by atoms with Crippen LogP contribution in [0.2, 0.25) is 0 Å². The molecule has 1 atom stereocenters. The second-order valence-electron chi connectivity index (χ2n) is 14.2. The van der Waals surface area contributed by atoms with E-state index in [0.29, 0.717) is 32.5 Å². The molecule has 0 saturated carbocycles. The number of hydrogen-bond donors (Lipinski definition) is 2. The van der Waals surface area contributed by atoms with E-state index in [1.807, 2.05) is 67.5 Å². The number of hydrogen-bond acceptors (Lipinski definition) is 6. The highest BCUT2D eigenvalue weighted by Crippen LogP contribution is 2.41. The van der Waals surface area contributed by atoms with Gasteiger partial charge in [-0.3, -0.25) is 0 Å². The Morgan fingerprint density at radius 1 is 0.775 bits per heavy atom. The number of nitrogens with zero attached hydrogens (tertiary/aromatic N) is 2. The summed E-state index contributed by atoms with van der Waals surface area (Å²) in [4.78, 5) is 25.2. The molecule has 4 heterocycles. The van der Waals surface area contributed by atoms with Crippen LogP contribution in [-0.4, -0.2) is 94.5 Å². The predicted molar refractivity (Wildman–Crippen MR) is 155 cm³/mol. The molecule has 1 unspecified atom stereocenters. The van der Waals surface area contributed by atoms with Crippen LogP contribution in [0.25, 0.3) is 0 Å². The molecule has 0 aromatic rings. The van der Waals surface area contributed by atoms with Gasteiger partial charge in [0, 0.05) is 19.6 Å². The molecule has 2 amide bonds. The van der Waals surface area contributed by atoms with Gasteiger partial charge in [-0.25, -0.2) is 9.59 Å². The van der Waals surface area contributed by atoms with Gasteiger partial charge in [-0.05, 0) is 84.6 Å². The molecule has 2 fully saturated rings. The van der Waals surface area contributed by atoms with Crippen LogP contribution in [0, 0.1) is 5.41 Å². The van der Waals surface area contributed by atoms with Crippen molar-refractivity contribution < 1.29 is 38.4 Å². The smallest absolute Gasteiger partial charge is 0.465 e. The number of carbonyl (C=O) groups is 2. The van der Waals surface area contributed by atoms with E-state index in [1.54, 1.807) is 0 Å². The van der Waals surface area contributed by atoms with E-state index in [2.05, 4.69) is 20.8 Å². The highest BCUT2D eigenvalue weighted by Gasteiger charge is 2.54. The van der Waals surface area contributed by atoms with Crippen LogP contribution in [0.4, 0.5) is 9.59 Å². The summed E-state index contributed by atoms with van der Waals surface area (Å²) in [7, 11) is -0.725. The third-order valence-electron chi connectivity index (χ3n) is 9.11. The molecule has 40 heavy (non-hydrogen) atoms. The summed E-state index contributed by atoms with van der Waals surface area (Å²) >= 11 is 0. The fraction of sp³-hybridized carbons (Fsp3) is 0.786. The van der Waals surface area contributed by atoms with Gasteiger partial charge in [-0.2, -0.15) is 0 Å². The predicted octanol–water partition coefficient (Wildman–Crippen LogP) is 5.27. The lowest BCUT2D eigenvalue weighted by molar-refractivity contribution is 0.00578. The van der Waals surface area contributed by atoms with Gasteiger partial charge >= 0.3 is 26.4 Å². The van der Waals surface area contributed by atoms with Crippen molar-refractivity contribution in [3.63, 3.8) is 0 Å². The van der Waals surface area contributed by atoms with E-state index in [1.165, 1.54) is 9.80 Å². The van der Waals surface area contributed by atoms with Crippen molar-refractivity contribution in [1.29, 1.82) is 0 Å². The molecule has 10 nitrogen and oxygen atoms in total. The summed E-state index contributed by atoms with van der Waals surface area (Å²) in [5.74, 6) is 0. The minimum absolute atomic E-state index is 0.173. The fourth-order valence-corrected chi connectivity index (χ4v) is 4.95. The monoisotopic (exact) mass is 562 g/mol. The molecule has 12 heteroatoms. The Labute approximate surface area is 240 Å². The van der Waals surface area contributed by atoms with Crippen molar-refractivity contribution in [2.45, 2.75) is 117 Å². The SMILES string of the molecule is CC(C)(C)C1C=C(B2OC(C)(C)C(C)(C)O2)CCN1C(=O)O.CC1(C)OB(C2=CCN(C(=O)O)CC2)OC1(C)C. The molecule has 0 radical (unpaired) electrons. The largest absolute Gasteiger partial charge is 0.490 e. The summed E-state index contributed by atoms with van der Waals surface area (Å²) in [5, 5.41) is 18.3. The highest BCUT2D eigenvalue weighted by molar-refractivity contribution is 6.55. The van der Waals surface area contributed by atoms with E-state index in [4.69, 9.17) is 23.7 Å². The summed E-state index contributed by atoms with van der Waals surface area (Å²) < 4.78 is 24.1. The Bertz CT molecular complexity index is 1020. The Morgan fingerprint density at radius 3 is 1.55 bits per heavy atom. The first kappa shape index (κ1) is 32.5. The second kappa shape index (κ2) is 11.0. The summed E-state index contributed by atoms with van der Waals surface area (Å²) in [6.07, 6.45) is 3.50. The van der Waals surface area contributed by atoms with Gasteiger partial charge in [0.25, 0.3) is 0 Å². The molecule has 0 spiro atoms. The maximum Gasteiger partial charge on any atom is 0.490 e. The number of amides is 2. The van der Waals surface area contributed by atoms with Crippen molar-refractivity contribution in [3.05, 3.63) is 23.1 Å². The fourth-order valence-electron chi connectivity index (χ4n) is 4.95. The molecular formula is C28H48B2N2O8. The zero-order chi connectivity index (χ0) is 30.5. The van der Waals surface area contributed by atoms with Crippen LogP contribution in [0.1, 0.15) is 89.0 Å². The molecular weight excluding hydrogens is 514 g/mol. The molecule has 0 aromatic heterocycles. The minimum Gasteiger partial charge on any atom is -0.465 e. The molecule has 4 rings (SSSR count). The zero-order valence-electron chi connectivity index (χ0n) is 26.2. The van der Waals surface area contributed by atoms with Gasteiger partial charge in [0.2, 0.25) is 0 Å². The van der Waals surface area contributed by atoms with E-state index < -0.39 is 12.2 Å². The van der Waals surface area contributed by atoms with Crippen LogP contribution >= 0.6 is 0 Å². The quantitative estimate of drug-likeness (QED) is 0.438. The van der Waals surface area contributed by atoms with Crippen molar-refractivity contribution in [2.24, 2.45) is 5.41 Å². The van der Waals surface area contributed by atoms with Crippen molar-refractivity contribution in [2.75, 3.05) is 19.6 Å². The van der Waals surface area contributed by atoms with Crippen LogP contribution in [-0.2, 0) is 18.6 Å². The maximum atomic E-state index is 11.5. The van der Waals surface area contributed by atoms with Gasteiger partial charge in [-0.1, -0.05) is 32.9 Å². The summed E-state index contributed by atoms with van der Waals surface area (Å²) in [5.41, 5.74) is 0.486. The maximum absolute atomic E-state index is 11.5. The van der Waals surface area contributed by atoms with E-state index >= 15 is 0 Å². The van der Waals surface area contributed by atoms with Crippen LogP contribution < -0.4 is 0 Å².